The Kier molecular flexibility index (Phi) is 7.26. The molecular formula is C30H39FN4O2. The van der Waals surface area contributed by atoms with Gasteiger partial charge in [0, 0.05) is 69.7 Å². The number of benzene rings is 1. The van der Waals surface area contributed by atoms with Crippen molar-refractivity contribution in [2.45, 2.75) is 58.9 Å². The maximum Gasteiger partial charge on any atom is 0.256 e. The summed E-state index contributed by atoms with van der Waals surface area (Å²) in [5, 5.41) is 5.64. The van der Waals surface area contributed by atoms with Crippen LogP contribution in [0.1, 0.15) is 62.4 Å². The van der Waals surface area contributed by atoms with Gasteiger partial charge in [0.25, 0.3) is 5.91 Å². The van der Waals surface area contributed by atoms with E-state index in [-0.39, 0.29) is 11.9 Å². The fourth-order valence-electron chi connectivity index (χ4n) is 6.08. The van der Waals surface area contributed by atoms with Crippen LogP contribution in [-0.4, -0.2) is 65.3 Å². The average Bonchev–Trinajstić information content (AvgIpc) is 3.22. The summed E-state index contributed by atoms with van der Waals surface area (Å²) in [6.07, 6.45) is 8.75. The molecule has 7 heteroatoms. The van der Waals surface area contributed by atoms with Crippen LogP contribution >= 0.6 is 0 Å². The van der Waals surface area contributed by atoms with Crippen molar-refractivity contribution >= 4 is 23.5 Å². The van der Waals surface area contributed by atoms with Gasteiger partial charge < -0.3 is 19.7 Å². The number of hydrogen-bond acceptors (Lipinski definition) is 4. The van der Waals surface area contributed by atoms with Gasteiger partial charge in [0.05, 0.1) is 16.6 Å². The molecule has 1 saturated carbocycles. The van der Waals surface area contributed by atoms with E-state index in [0.717, 1.165) is 63.6 Å². The van der Waals surface area contributed by atoms with Crippen LogP contribution < -0.4 is 15.9 Å². The lowest BCUT2D eigenvalue weighted by Crippen LogP contribution is -2.50. The third kappa shape index (κ3) is 5.24. The molecule has 3 heterocycles. The molecule has 0 radical (unpaired) electrons. The van der Waals surface area contributed by atoms with E-state index < -0.39 is 5.82 Å². The molecule has 2 fully saturated rings. The molecular weight excluding hydrogens is 467 g/mol. The normalized spacial score (nSPS) is 18.9. The fraction of sp³-hybridized carbons (Fsp3) is 0.533. The van der Waals surface area contributed by atoms with Crippen LogP contribution in [0.4, 0.5) is 4.39 Å². The quantitative estimate of drug-likeness (QED) is 0.628. The topological polar surface area (TPSA) is 57.6 Å². The zero-order valence-electron chi connectivity index (χ0n) is 22.5. The number of carbonyl (C=O) groups excluding carboxylic acids is 2. The molecule has 1 N–H and O–H groups in total. The van der Waals surface area contributed by atoms with Crippen LogP contribution in [0.15, 0.2) is 24.4 Å². The van der Waals surface area contributed by atoms with Gasteiger partial charge in [0.1, 0.15) is 11.6 Å². The van der Waals surface area contributed by atoms with E-state index in [4.69, 9.17) is 0 Å². The molecule has 6 nitrogen and oxygen atoms in total. The van der Waals surface area contributed by atoms with Gasteiger partial charge in [-0.05, 0) is 81.2 Å². The van der Waals surface area contributed by atoms with E-state index in [0.29, 0.717) is 28.9 Å². The minimum absolute atomic E-state index is 0.0113. The number of amides is 1. The molecule has 0 unspecified atom stereocenters. The molecule has 198 valence electrons. The first-order valence-electron chi connectivity index (χ1n) is 13.7. The van der Waals surface area contributed by atoms with Crippen LogP contribution in [0.5, 0.6) is 0 Å². The second kappa shape index (κ2) is 10.4. The Morgan fingerprint density at radius 3 is 2.62 bits per heavy atom. The molecule has 1 aliphatic carbocycles. The van der Waals surface area contributed by atoms with Gasteiger partial charge in [-0.25, -0.2) is 4.39 Å². The fourth-order valence-corrected chi connectivity index (χ4v) is 6.08. The second-order valence-corrected chi connectivity index (χ2v) is 11.5. The first-order valence-corrected chi connectivity index (χ1v) is 13.7. The highest BCUT2D eigenvalue weighted by atomic mass is 19.1. The number of nitrogens with one attached hydrogen (secondary N) is 1. The number of aromatic nitrogens is 1. The van der Waals surface area contributed by atoms with E-state index in [1.807, 2.05) is 20.0 Å². The number of hydrogen-bond donors (Lipinski definition) is 1. The van der Waals surface area contributed by atoms with E-state index >= 15 is 0 Å². The van der Waals surface area contributed by atoms with Crippen molar-refractivity contribution in [3.8, 4) is 5.69 Å². The highest BCUT2D eigenvalue weighted by Gasteiger charge is 2.31. The molecule has 2 aliphatic heterocycles. The molecule has 0 bridgehead atoms. The van der Waals surface area contributed by atoms with Gasteiger partial charge in [0.15, 0.2) is 0 Å². The smallest absolute Gasteiger partial charge is 0.256 e. The Hall–Kier alpha value is -2.93. The lowest BCUT2D eigenvalue weighted by Gasteiger charge is -2.42. The summed E-state index contributed by atoms with van der Waals surface area (Å²) in [4.78, 5) is 29.1. The molecule has 1 saturated heterocycles. The summed E-state index contributed by atoms with van der Waals surface area (Å²) in [6, 6.07) is 4.52. The van der Waals surface area contributed by atoms with Crippen molar-refractivity contribution < 1.29 is 14.0 Å². The number of rotatable bonds is 7. The first kappa shape index (κ1) is 25.7. The number of fused-ring (bicyclic) bond motifs is 1. The highest BCUT2D eigenvalue weighted by Crippen LogP contribution is 2.27. The standard InChI is InChI=1S/C30H39FN4O2/c1-19(2)33(4)30(37)26-12-24(31)7-10-27(26)35-18-23(29-20(3)13-32-14-28(29)35)11-22-16-34(17-22)15-21-5-8-25(36)9-6-21/h7,10,12,14,18-19,21-22,32H,5-6,8-9,11,13,15-17H2,1-4H3. The second-order valence-electron chi connectivity index (χ2n) is 11.5. The van der Waals surface area contributed by atoms with E-state index in [1.165, 1.54) is 28.5 Å². The van der Waals surface area contributed by atoms with Gasteiger partial charge in [-0.1, -0.05) is 0 Å². The maximum absolute atomic E-state index is 14.3. The molecule has 37 heavy (non-hydrogen) atoms. The van der Waals surface area contributed by atoms with Crippen LogP contribution in [0, 0.1) is 17.7 Å². The van der Waals surface area contributed by atoms with Crippen LogP contribution in [-0.2, 0) is 11.2 Å². The monoisotopic (exact) mass is 506 g/mol. The molecule has 2 aromatic rings. The Labute approximate surface area is 218 Å². The lowest BCUT2D eigenvalue weighted by molar-refractivity contribution is -0.121. The van der Waals surface area contributed by atoms with Gasteiger partial charge in [-0.2, -0.15) is 0 Å². The molecule has 0 atom stereocenters. The minimum Gasteiger partial charge on any atom is -0.385 e. The van der Waals surface area contributed by atoms with Crippen LogP contribution in [0.25, 0.3) is 17.5 Å². The highest BCUT2D eigenvalue weighted by molar-refractivity contribution is 5.98. The van der Waals surface area contributed by atoms with Crippen molar-refractivity contribution in [3.63, 3.8) is 0 Å². The SMILES string of the molecule is CC1=c2c(CC3CN(CC4CCC(=O)CC4)C3)cn(-c3ccc(F)cc3C(=O)N(C)C(C)C)c2=CNC1. The van der Waals surface area contributed by atoms with Crippen molar-refractivity contribution in [3.05, 3.63) is 51.9 Å². The summed E-state index contributed by atoms with van der Waals surface area (Å²) in [7, 11) is 1.76. The van der Waals surface area contributed by atoms with Crippen LogP contribution in [0.3, 0.4) is 0 Å². The molecule has 1 aromatic carbocycles. The average molecular weight is 507 g/mol. The van der Waals surface area contributed by atoms with Crippen molar-refractivity contribution in [1.82, 2.24) is 19.7 Å². The predicted octanol–water partition coefficient (Wildman–Crippen LogP) is 2.84. The Morgan fingerprint density at radius 2 is 1.92 bits per heavy atom. The Morgan fingerprint density at radius 1 is 1.19 bits per heavy atom. The van der Waals surface area contributed by atoms with Gasteiger partial charge in [-0.3, -0.25) is 9.59 Å². The lowest BCUT2D eigenvalue weighted by atomic mass is 9.85. The number of nitrogens with zero attached hydrogens (tertiary/aromatic N) is 3. The summed E-state index contributed by atoms with van der Waals surface area (Å²) < 4.78 is 16.4. The van der Waals surface area contributed by atoms with Gasteiger partial charge >= 0.3 is 0 Å². The largest absolute Gasteiger partial charge is 0.385 e. The zero-order chi connectivity index (χ0) is 26.3. The molecule has 5 rings (SSSR count). The number of Topliss-reactive ketones (excluding diaryl/α,β-unsaturated/α-hetero) is 1. The zero-order valence-corrected chi connectivity index (χ0v) is 22.5. The minimum atomic E-state index is -0.410. The van der Waals surface area contributed by atoms with Gasteiger partial charge in [-0.15, -0.1) is 0 Å². The van der Waals surface area contributed by atoms with Crippen molar-refractivity contribution in [1.29, 1.82) is 0 Å². The Bertz CT molecular complexity index is 1310. The third-order valence-corrected chi connectivity index (χ3v) is 8.42. The Balaban J connectivity index is 1.40. The van der Waals surface area contributed by atoms with E-state index in [2.05, 4.69) is 27.9 Å². The molecule has 1 aromatic heterocycles. The summed E-state index contributed by atoms with van der Waals surface area (Å²) in [6.45, 7) is 10.2. The van der Waals surface area contributed by atoms with Crippen molar-refractivity contribution in [2.75, 3.05) is 33.2 Å². The maximum atomic E-state index is 14.3. The summed E-state index contributed by atoms with van der Waals surface area (Å²) in [5.74, 6) is 1.08. The summed E-state index contributed by atoms with van der Waals surface area (Å²) >= 11 is 0. The third-order valence-electron chi connectivity index (χ3n) is 8.42. The molecule has 3 aliphatic rings. The van der Waals surface area contributed by atoms with E-state index in [9.17, 15) is 14.0 Å². The van der Waals surface area contributed by atoms with Gasteiger partial charge in [0.2, 0.25) is 0 Å². The first-order chi connectivity index (χ1) is 17.7. The van der Waals surface area contributed by atoms with Crippen LogP contribution in [0.2, 0.25) is 0 Å². The molecule has 0 spiro atoms. The number of halogens is 1. The number of ketones is 1. The number of likely N-dealkylation sites (tertiary alicyclic amines) is 1. The summed E-state index contributed by atoms with van der Waals surface area (Å²) in [5.41, 5.74) is 3.65. The van der Waals surface area contributed by atoms with E-state index in [1.54, 1.807) is 18.0 Å². The molecule has 1 amide bonds. The van der Waals surface area contributed by atoms with Crippen molar-refractivity contribution in [2.24, 2.45) is 11.8 Å². The number of carbonyl (C=O) groups is 2. The predicted molar refractivity (Wildman–Crippen MR) is 144 cm³/mol.